The molecule has 106 valence electrons. The van der Waals surface area contributed by atoms with Crippen molar-refractivity contribution < 1.29 is 4.92 Å². The van der Waals surface area contributed by atoms with Gasteiger partial charge in [0.2, 0.25) is 0 Å². The monoisotopic (exact) mass is 263 g/mol. The van der Waals surface area contributed by atoms with Gasteiger partial charge in [0.15, 0.2) is 0 Å². The van der Waals surface area contributed by atoms with E-state index in [1.54, 1.807) is 6.07 Å². The van der Waals surface area contributed by atoms with Crippen LogP contribution in [0.25, 0.3) is 0 Å². The minimum absolute atomic E-state index is 0.246. The Morgan fingerprint density at radius 1 is 1.00 bits per heavy atom. The van der Waals surface area contributed by atoms with Crippen molar-refractivity contribution in [2.45, 2.75) is 65.2 Å². The van der Waals surface area contributed by atoms with E-state index in [0.29, 0.717) is 5.92 Å². The summed E-state index contributed by atoms with van der Waals surface area (Å²) in [6.07, 6.45) is 4.06. The van der Waals surface area contributed by atoms with Gasteiger partial charge >= 0.3 is 0 Å². The van der Waals surface area contributed by atoms with Crippen LogP contribution in [0.1, 0.15) is 76.3 Å². The minimum Gasteiger partial charge on any atom is -0.258 e. The van der Waals surface area contributed by atoms with Crippen molar-refractivity contribution in [3.63, 3.8) is 0 Å². The largest absolute Gasteiger partial charge is 0.272 e. The predicted molar refractivity (Wildman–Crippen MR) is 79.7 cm³/mol. The van der Waals surface area contributed by atoms with Crippen LogP contribution in [0.4, 0.5) is 5.69 Å². The van der Waals surface area contributed by atoms with E-state index in [9.17, 15) is 10.1 Å². The summed E-state index contributed by atoms with van der Waals surface area (Å²) in [5.41, 5.74) is 2.44. The molecule has 0 aromatic heterocycles. The quantitative estimate of drug-likeness (QED) is 0.488. The Kier molecular flexibility index (Phi) is 6.00. The van der Waals surface area contributed by atoms with Crippen LogP contribution in [-0.2, 0) is 0 Å². The van der Waals surface area contributed by atoms with Crippen LogP contribution in [0.3, 0.4) is 0 Å². The molecular weight excluding hydrogens is 238 g/mol. The lowest BCUT2D eigenvalue weighted by Crippen LogP contribution is -2.04. The average Bonchev–Trinajstić information content (AvgIpc) is 2.41. The number of hydrogen-bond acceptors (Lipinski definition) is 2. The second kappa shape index (κ2) is 7.27. The van der Waals surface area contributed by atoms with Gasteiger partial charge in [0.25, 0.3) is 5.69 Å². The third-order valence-electron chi connectivity index (χ3n) is 4.13. The molecule has 0 aliphatic carbocycles. The second-order valence-electron chi connectivity index (χ2n) is 5.10. The molecule has 0 aliphatic heterocycles. The molecular formula is C16H25NO2. The van der Waals surface area contributed by atoms with Crippen LogP contribution in [0, 0.1) is 10.1 Å². The smallest absolute Gasteiger partial charge is 0.258 e. The molecule has 0 heterocycles. The van der Waals surface area contributed by atoms with Gasteiger partial charge in [-0.25, -0.2) is 0 Å². The summed E-state index contributed by atoms with van der Waals surface area (Å²) in [6.45, 7) is 8.54. The summed E-state index contributed by atoms with van der Waals surface area (Å²) in [4.78, 5) is 10.9. The van der Waals surface area contributed by atoms with Gasteiger partial charge in [-0.3, -0.25) is 10.1 Å². The molecule has 1 aromatic carbocycles. The van der Waals surface area contributed by atoms with Gasteiger partial charge in [0.1, 0.15) is 0 Å². The van der Waals surface area contributed by atoms with Crippen molar-refractivity contribution in [3.8, 4) is 0 Å². The summed E-state index contributed by atoms with van der Waals surface area (Å²) in [6, 6.07) is 5.70. The molecule has 3 heteroatoms. The topological polar surface area (TPSA) is 43.1 Å². The van der Waals surface area contributed by atoms with E-state index in [2.05, 4.69) is 33.8 Å². The number of rotatable bonds is 7. The van der Waals surface area contributed by atoms with E-state index in [0.717, 1.165) is 31.2 Å². The van der Waals surface area contributed by atoms with Crippen LogP contribution in [0.15, 0.2) is 18.2 Å². The van der Waals surface area contributed by atoms with E-state index in [1.165, 1.54) is 5.56 Å². The summed E-state index contributed by atoms with van der Waals surface area (Å²) < 4.78 is 0. The fraction of sp³-hybridized carbons (Fsp3) is 0.625. The fourth-order valence-electron chi connectivity index (χ4n) is 2.81. The third kappa shape index (κ3) is 3.55. The van der Waals surface area contributed by atoms with E-state index < -0.39 is 0 Å². The lowest BCUT2D eigenvalue weighted by molar-refractivity contribution is -0.385. The first-order chi connectivity index (χ1) is 9.08. The van der Waals surface area contributed by atoms with E-state index in [4.69, 9.17) is 0 Å². The van der Waals surface area contributed by atoms with Crippen LogP contribution in [0.2, 0.25) is 0 Å². The number of benzene rings is 1. The zero-order valence-electron chi connectivity index (χ0n) is 12.5. The molecule has 19 heavy (non-hydrogen) atoms. The summed E-state index contributed by atoms with van der Waals surface area (Å²) in [5, 5.41) is 11.2. The molecule has 0 bridgehead atoms. The Balaban J connectivity index is 3.28. The maximum atomic E-state index is 11.2. The van der Waals surface area contributed by atoms with Crippen LogP contribution in [-0.4, -0.2) is 4.92 Å². The number of nitro benzene ring substituents is 1. The zero-order chi connectivity index (χ0) is 14.4. The normalized spacial score (nSPS) is 11.3. The molecule has 3 nitrogen and oxygen atoms in total. The SMILES string of the molecule is CCC(CC)c1ccc([N+](=O)[O-])c(C(CC)CC)c1. The molecule has 0 saturated heterocycles. The maximum Gasteiger partial charge on any atom is 0.272 e. The van der Waals surface area contributed by atoms with E-state index in [1.807, 2.05) is 6.07 Å². The highest BCUT2D eigenvalue weighted by Crippen LogP contribution is 2.35. The van der Waals surface area contributed by atoms with Crippen LogP contribution >= 0.6 is 0 Å². The maximum absolute atomic E-state index is 11.2. The van der Waals surface area contributed by atoms with Crippen molar-refractivity contribution in [2.75, 3.05) is 0 Å². The van der Waals surface area contributed by atoms with Crippen molar-refractivity contribution in [1.82, 2.24) is 0 Å². The van der Waals surface area contributed by atoms with Crippen LogP contribution in [0.5, 0.6) is 0 Å². The summed E-state index contributed by atoms with van der Waals surface area (Å²) >= 11 is 0. The van der Waals surface area contributed by atoms with Gasteiger partial charge in [-0.2, -0.15) is 0 Å². The highest BCUT2D eigenvalue weighted by atomic mass is 16.6. The molecule has 0 amide bonds. The number of hydrogen-bond donors (Lipinski definition) is 0. The molecule has 1 rings (SSSR count). The second-order valence-corrected chi connectivity index (χ2v) is 5.10. The van der Waals surface area contributed by atoms with Crippen molar-refractivity contribution in [2.24, 2.45) is 0 Å². The Hall–Kier alpha value is -1.38. The van der Waals surface area contributed by atoms with Crippen molar-refractivity contribution >= 4 is 5.69 Å². The molecule has 0 N–H and O–H groups in total. The Morgan fingerprint density at radius 3 is 1.95 bits per heavy atom. The third-order valence-corrected chi connectivity index (χ3v) is 4.13. The minimum atomic E-state index is -0.246. The summed E-state index contributed by atoms with van der Waals surface area (Å²) in [7, 11) is 0. The lowest BCUT2D eigenvalue weighted by Gasteiger charge is -2.18. The molecule has 0 unspecified atom stereocenters. The highest BCUT2D eigenvalue weighted by Gasteiger charge is 2.21. The van der Waals surface area contributed by atoms with Gasteiger partial charge in [0, 0.05) is 11.6 Å². The van der Waals surface area contributed by atoms with Crippen LogP contribution < -0.4 is 0 Å². The molecule has 0 spiro atoms. The lowest BCUT2D eigenvalue weighted by atomic mass is 9.87. The first-order valence-corrected chi connectivity index (χ1v) is 7.37. The number of nitrogens with zero attached hydrogens (tertiary/aromatic N) is 1. The molecule has 0 atom stereocenters. The Morgan fingerprint density at radius 2 is 1.53 bits per heavy atom. The first-order valence-electron chi connectivity index (χ1n) is 7.37. The molecule has 0 radical (unpaired) electrons. The molecule has 0 fully saturated rings. The van der Waals surface area contributed by atoms with Gasteiger partial charge < -0.3 is 0 Å². The number of nitro groups is 1. The van der Waals surface area contributed by atoms with Gasteiger partial charge in [-0.15, -0.1) is 0 Å². The zero-order valence-corrected chi connectivity index (χ0v) is 12.5. The van der Waals surface area contributed by atoms with Crippen molar-refractivity contribution in [1.29, 1.82) is 0 Å². The molecule has 0 saturated carbocycles. The Bertz CT molecular complexity index is 421. The van der Waals surface area contributed by atoms with Gasteiger partial charge in [0.05, 0.1) is 4.92 Å². The fourth-order valence-corrected chi connectivity index (χ4v) is 2.81. The predicted octanol–water partition coefficient (Wildman–Crippen LogP) is 5.40. The highest BCUT2D eigenvalue weighted by molar-refractivity contribution is 5.46. The van der Waals surface area contributed by atoms with Gasteiger partial charge in [-0.1, -0.05) is 33.8 Å². The molecule has 1 aromatic rings. The van der Waals surface area contributed by atoms with Crippen molar-refractivity contribution in [3.05, 3.63) is 39.4 Å². The Labute approximate surface area is 116 Å². The van der Waals surface area contributed by atoms with Gasteiger partial charge in [-0.05, 0) is 49.1 Å². The van der Waals surface area contributed by atoms with E-state index >= 15 is 0 Å². The van der Waals surface area contributed by atoms with E-state index in [-0.39, 0.29) is 16.5 Å². The standard InChI is InChI=1S/C16H25NO2/c1-5-12(6-2)14-9-10-16(17(18)19)15(11-14)13(7-3)8-4/h9-13H,5-8H2,1-4H3. The molecule has 0 aliphatic rings. The average molecular weight is 263 g/mol. The summed E-state index contributed by atoms with van der Waals surface area (Å²) in [5.74, 6) is 0.795. The first kappa shape index (κ1) is 15.7.